The lowest BCUT2D eigenvalue weighted by molar-refractivity contribution is 0.0693. The quantitative estimate of drug-likeness (QED) is 0.667. The second kappa shape index (κ2) is 4.30. The van der Waals surface area contributed by atoms with Gasteiger partial charge in [0.05, 0.1) is 12.0 Å². The first-order valence-electron chi connectivity index (χ1n) is 3.86. The smallest absolute Gasteiger partial charge is 0.339 e. The largest absolute Gasteiger partial charge is 0.507 e. The molecule has 1 unspecified atom stereocenters. The first-order chi connectivity index (χ1) is 6.56. The molecule has 76 valence electrons. The normalized spacial score (nSPS) is 12.4. The van der Waals surface area contributed by atoms with Gasteiger partial charge in [-0.15, -0.1) is 11.6 Å². The highest BCUT2D eigenvalue weighted by Gasteiger charge is 2.12. The molecule has 3 N–H and O–H groups in total. The van der Waals surface area contributed by atoms with Crippen LogP contribution >= 0.6 is 11.6 Å². The van der Waals surface area contributed by atoms with Gasteiger partial charge in [-0.05, 0) is 17.7 Å². The number of aromatic hydroxyl groups is 1. The van der Waals surface area contributed by atoms with Crippen LogP contribution in [0.3, 0.4) is 0 Å². The molecule has 0 aliphatic rings. The summed E-state index contributed by atoms with van der Waals surface area (Å²) in [6, 6.07) is 3.83. The molecule has 5 heteroatoms. The van der Waals surface area contributed by atoms with Crippen LogP contribution in [0.4, 0.5) is 0 Å². The van der Waals surface area contributed by atoms with E-state index in [1.165, 1.54) is 18.2 Å². The van der Waals surface area contributed by atoms with Crippen LogP contribution in [-0.2, 0) is 0 Å². The number of hydrogen-bond donors (Lipinski definition) is 3. The number of aliphatic hydroxyl groups is 1. The molecule has 0 saturated heterocycles. The van der Waals surface area contributed by atoms with Gasteiger partial charge < -0.3 is 15.3 Å². The average Bonchev–Trinajstić information content (AvgIpc) is 2.15. The first kappa shape index (κ1) is 10.8. The van der Waals surface area contributed by atoms with Crippen LogP contribution < -0.4 is 0 Å². The number of carboxylic acids is 1. The zero-order valence-electron chi connectivity index (χ0n) is 7.14. The third-order valence-corrected chi connectivity index (χ3v) is 2.08. The molecule has 1 atom stereocenters. The fourth-order valence-electron chi connectivity index (χ4n) is 1.03. The maximum atomic E-state index is 10.5. The maximum Gasteiger partial charge on any atom is 0.339 e. The highest BCUT2D eigenvalue weighted by Crippen LogP contribution is 2.23. The molecule has 0 bridgehead atoms. The predicted molar refractivity (Wildman–Crippen MR) is 50.7 cm³/mol. The summed E-state index contributed by atoms with van der Waals surface area (Å²) in [5, 5.41) is 27.2. The highest BCUT2D eigenvalue weighted by molar-refractivity contribution is 6.18. The Morgan fingerprint density at radius 3 is 2.57 bits per heavy atom. The molecule has 1 rings (SSSR count). The molecular weight excluding hydrogens is 208 g/mol. The Balaban J connectivity index is 3.06. The van der Waals surface area contributed by atoms with E-state index in [1.807, 2.05) is 0 Å². The zero-order valence-corrected chi connectivity index (χ0v) is 7.90. The van der Waals surface area contributed by atoms with Crippen molar-refractivity contribution in [1.29, 1.82) is 0 Å². The molecule has 4 nitrogen and oxygen atoms in total. The third kappa shape index (κ3) is 2.16. The van der Waals surface area contributed by atoms with Crippen molar-refractivity contribution in [3.8, 4) is 5.75 Å². The average molecular weight is 217 g/mol. The number of carboxylic acid groups (broad SMARTS) is 1. The number of rotatable bonds is 3. The molecule has 0 amide bonds. The summed E-state index contributed by atoms with van der Waals surface area (Å²) in [6.07, 6.45) is -0.898. The van der Waals surface area contributed by atoms with Gasteiger partial charge in [0, 0.05) is 0 Å². The minimum Gasteiger partial charge on any atom is -0.507 e. The van der Waals surface area contributed by atoms with Crippen LogP contribution in [0.1, 0.15) is 22.0 Å². The highest BCUT2D eigenvalue weighted by atomic mass is 35.5. The summed E-state index contributed by atoms with van der Waals surface area (Å²) in [4.78, 5) is 10.5. The Labute approximate surface area is 85.4 Å². The van der Waals surface area contributed by atoms with E-state index in [9.17, 15) is 15.0 Å². The van der Waals surface area contributed by atoms with Crippen molar-refractivity contribution >= 4 is 17.6 Å². The molecule has 0 aromatic heterocycles. The van der Waals surface area contributed by atoms with Crippen molar-refractivity contribution in [2.75, 3.05) is 5.88 Å². The Kier molecular flexibility index (Phi) is 3.33. The summed E-state index contributed by atoms with van der Waals surface area (Å²) < 4.78 is 0. The molecule has 0 aliphatic carbocycles. The number of aromatic carboxylic acids is 1. The molecular formula is C9H9ClO4. The summed E-state index contributed by atoms with van der Waals surface area (Å²) in [7, 11) is 0. The first-order valence-corrected chi connectivity index (χ1v) is 4.40. The summed E-state index contributed by atoms with van der Waals surface area (Å²) in [6.45, 7) is 0. The number of carbonyl (C=O) groups is 1. The SMILES string of the molecule is O=C(O)c1ccc(C(O)CCl)cc1O. The van der Waals surface area contributed by atoms with E-state index in [2.05, 4.69) is 0 Å². The van der Waals surface area contributed by atoms with Crippen molar-refractivity contribution in [3.05, 3.63) is 29.3 Å². The topological polar surface area (TPSA) is 77.8 Å². The zero-order chi connectivity index (χ0) is 10.7. The summed E-state index contributed by atoms with van der Waals surface area (Å²) >= 11 is 5.39. The number of phenols is 1. The molecule has 0 heterocycles. The Hall–Kier alpha value is -1.26. The molecule has 1 aromatic rings. The molecule has 0 fully saturated rings. The minimum atomic E-state index is -1.21. The van der Waals surface area contributed by atoms with Gasteiger partial charge in [-0.1, -0.05) is 6.07 Å². The van der Waals surface area contributed by atoms with E-state index in [0.29, 0.717) is 5.56 Å². The van der Waals surface area contributed by atoms with E-state index >= 15 is 0 Å². The van der Waals surface area contributed by atoms with Crippen molar-refractivity contribution in [2.45, 2.75) is 6.10 Å². The second-order valence-electron chi connectivity index (χ2n) is 2.75. The predicted octanol–water partition coefficient (Wildman–Crippen LogP) is 1.36. The van der Waals surface area contributed by atoms with Gasteiger partial charge in [-0.2, -0.15) is 0 Å². The van der Waals surface area contributed by atoms with Crippen LogP contribution in [-0.4, -0.2) is 27.2 Å². The van der Waals surface area contributed by atoms with Crippen molar-refractivity contribution in [3.63, 3.8) is 0 Å². The third-order valence-electron chi connectivity index (χ3n) is 1.78. The van der Waals surface area contributed by atoms with Crippen LogP contribution in [0.15, 0.2) is 18.2 Å². The van der Waals surface area contributed by atoms with Gasteiger partial charge in [-0.3, -0.25) is 0 Å². The van der Waals surface area contributed by atoms with Crippen LogP contribution in [0.25, 0.3) is 0 Å². The Morgan fingerprint density at radius 1 is 1.50 bits per heavy atom. The van der Waals surface area contributed by atoms with Crippen LogP contribution in [0.5, 0.6) is 5.75 Å². The van der Waals surface area contributed by atoms with Crippen molar-refractivity contribution in [2.24, 2.45) is 0 Å². The molecule has 0 radical (unpaired) electrons. The molecule has 1 aromatic carbocycles. The second-order valence-corrected chi connectivity index (χ2v) is 3.06. The summed E-state index contributed by atoms with van der Waals surface area (Å²) in [5.74, 6) is -1.60. The fourth-order valence-corrected chi connectivity index (χ4v) is 1.20. The lowest BCUT2D eigenvalue weighted by Gasteiger charge is -2.08. The van der Waals surface area contributed by atoms with E-state index in [4.69, 9.17) is 16.7 Å². The molecule has 0 saturated carbocycles. The minimum absolute atomic E-state index is 0.00808. The standard InChI is InChI=1S/C9H9ClO4/c10-4-8(12)5-1-2-6(9(13)14)7(11)3-5/h1-3,8,11-12H,4H2,(H,13,14). The molecule has 0 aliphatic heterocycles. The van der Waals surface area contributed by atoms with Crippen molar-refractivity contribution in [1.82, 2.24) is 0 Å². The van der Waals surface area contributed by atoms with Gasteiger partial charge in [0.25, 0.3) is 0 Å². The number of hydrogen-bond acceptors (Lipinski definition) is 3. The van der Waals surface area contributed by atoms with Gasteiger partial charge in [0.1, 0.15) is 11.3 Å². The number of alkyl halides is 1. The number of aliphatic hydroxyl groups excluding tert-OH is 1. The van der Waals surface area contributed by atoms with E-state index in [0.717, 1.165) is 0 Å². The van der Waals surface area contributed by atoms with Gasteiger partial charge in [0.15, 0.2) is 0 Å². The van der Waals surface area contributed by atoms with Crippen LogP contribution in [0, 0.1) is 0 Å². The Bertz CT molecular complexity index is 351. The van der Waals surface area contributed by atoms with Crippen LogP contribution in [0.2, 0.25) is 0 Å². The van der Waals surface area contributed by atoms with Gasteiger partial charge >= 0.3 is 5.97 Å². The lowest BCUT2D eigenvalue weighted by atomic mass is 10.1. The van der Waals surface area contributed by atoms with Crippen molar-refractivity contribution < 1.29 is 20.1 Å². The van der Waals surface area contributed by atoms with Gasteiger partial charge in [-0.25, -0.2) is 4.79 Å². The molecule has 0 spiro atoms. The maximum absolute atomic E-state index is 10.5. The number of benzene rings is 1. The van der Waals surface area contributed by atoms with Gasteiger partial charge in [0.2, 0.25) is 0 Å². The Morgan fingerprint density at radius 2 is 2.14 bits per heavy atom. The monoisotopic (exact) mass is 216 g/mol. The fraction of sp³-hybridized carbons (Fsp3) is 0.222. The van der Waals surface area contributed by atoms with E-state index < -0.39 is 12.1 Å². The van der Waals surface area contributed by atoms with E-state index in [-0.39, 0.29) is 17.2 Å². The molecule has 14 heavy (non-hydrogen) atoms. The summed E-state index contributed by atoms with van der Waals surface area (Å²) in [5.41, 5.74) is 0.193. The lowest BCUT2D eigenvalue weighted by Crippen LogP contribution is -2.01. The number of halogens is 1. The van der Waals surface area contributed by atoms with E-state index in [1.54, 1.807) is 0 Å².